The van der Waals surface area contributed by atoms with Gasteiger partial charge < -0.3 is 24.9 Å². The number of aromatic nitrogens is 1. The second-order valence-corrected chi connectivity index (χ2v) is 9.49. The number of ether oxygens (including phenoxy) is 3. The highest BCUT2D eigenvalue weighted by Gasteiger charge is 2.36. The molecule has 0 amide bonds. The molecule has 8 nitrogen and oxygen atoms in total. The van der Waals surface area contributed by atoms with Gasteiger partial charge in [0.15, 0.2) is 11.5 Å². The number of H-pyrrole nitrogens is 1. The van der Waals surface area contributed by atoms with Crippen LogP contribution in [0, 0.1) is 0 Å². The van der Waals surface area contributed by atoms with Crippen LogP contribution in [-0.4, -0.2) is 73.6 Å². The molecule has 0 aliphatic carbocycles. The Bertz CT molecular complexity index is 1050. The predicted molar refractivity (Wildman–Crippen MR) is 127 cm³/mol. The second-order valence-electron chi connectivity index (χ2n) is 9.49. The fourth-order valence-electron chi connectivity index (χ4n) is 5.31. The minimum absolute atomic E-state index is 0.000870. The second kappa shape index (κ2) is 10.5. The number of benzene rings is 1. The lowest BCUT2D eigenvalue weighted by Gasteiger charge is -2.40. The van der Waals surface area contributed by atoms with Gasteiger partial charge in [-0.25, -0.2) is 0 Å². The number of nitrogens with one attached hydrogen (secondary N) is 1. The van der Waals surface area contributed by atoms with Crippen LogP contribution in [0.2, 0.25) is 0 Å². The van der Waals surface area contributed by atoms with Gasteiger partial charge in [0.1, 0.15) is 25.1 Å². The maximum absolute atomic E-state index is 13.5. The molecule has 0 spiro atoms. The topological polar surface area (TPSA) is 85.2 Å². The molecular weight excluding hydrogens is 477 g/mol. The quantitative estimate of drug-likeness (QED) is 0.612. The zero-order chi connectivity index (χ0) is 25.3. The summed E-state index contributed by atoms with van der Waals surface area (Å²) in [5.41, 5.74) is 6.46. The van der Waals surface area contributed by atoms with Gasteiger partial charge in [0.25, 0.3) is 0 Å². The smallest absolute Gasteiger partial charge is 0.418 e. The molecule has 2 saturated heterocycles. The normalized spacial score (nSPS) is 21.0. The number of nitrogen functional groups attached to an aromatic ring is 1. The van der Waals surface area contributed by atoms with Crippen LogP contribution in [-0.2, 0) is 22.2 Å². The van der Waals surface area contributed by atoms with Crippen molar-refractivity contribution in [1.29, 1.82) is 0 Å². The van der Waals surface area contributed by atoms with Crippen LogP contribution in [0.25, 0.3) is 0 Å². The van der Waals surface area contributed by atoms with Gasteiger partial charge in [-0.1, -0.05) is 12.1 Å². The van der Waals surface area contributed by atoms with Gasteiger partial charge in [-0.15, -0.1) is 0 Å². The summed E-state index contributed by atoms with van der Waals surface area (Å²) in [7, 11) is 0. The van der Waals surface area contributed by atoms with E-state index < -0.39 is 11.7 Å². The minimum atomic E-state index is -4.50. The zero-order valence-electron chi connectivity index (χ0n) is 20.4. The number of anilines is 1. The van der Waals surface area contributed by atoms with Gasteiger partial charge in [-0.05, 0) is 19.8 Å². The first-order valence-corrected chi connectivity index (χ1v) is 12.5. The summed E-state index contributed by atoms with van der Waals surface area (Å²) in [6.45, 7) is 7.86. The molecule has 36 heavy (non-hydrogen) atoms. The van der Waals surface area contributed by atoms with E-state index in [0.717, 1.165) is 64.0 Å². The van der Waals surface area contributed by atoms with Crippen molar-refractivity contribution in [2.75, 3.05) is 58.3 Å². The van der Waals surface area contributed by atoms with Gasteiger partial charge in [-0.3, -0.25) is 9.74 Å². The number of morpholine rings is 1. The molecule has 3 aliphatic rings. The Hall–Kier alpha value is -2.47. The Labute approximate surface area is 208 Å². The Balaban J connectivity index is 1.29. The van der Waals surface area contributed by atoms with Crippen molar-refractivity contribution >= 4 is 5.82 Å². The van der Waals surface area contributed by atoms with Gasteiger partial charge in [0, 0.05) is 61.5 Å². The Morgan fingerprint density at radius 3 is 2.44 bits per heavy atom. The third-order valence-electron chi connectivity index (χ3n) is 7.23. The number of hydroxylamine groups is 2. The van der Waals surface area contributed by atoms with E-state index in [-0.39, 0.29) is 23.9 Å². The summed E-state index contributed by atoms with van der Waals surface area (Å²) in [4.78, 5) is 11.3. The Morgan fingerprint density at radius 1 is 1.06 bits per heavy atom. The van der Waals surface area contributed by atoms with Crippen LogP contribution >= 0.6 is 0 Å². The summed E-state index contributed by atoms with van der Waals surface area (Å²) in [5.74, 6) is 0.972. The van der Waals surface area contributed by atoms with Crippen LogP contribution in [0.1, 0.15) is 48.1 Å². The maximum Gasteiger partial charge on any atom is 0.418 e. The van der Waals surface area contributed by atoms with Crippen LogP contribution in [0.4, 0.5) is 19.0 Å². The van der Waals surface area contributed by atoms with Crippen LogP contribution in [0.5, 0.6) is 11.5 Å². The molecular formula is C25H33F3N4O4. The lowest BCUT2D eigenvalue weighted by molar-refractivity contribution is -0.210. The molecule has 198 valence electrons. The van der Waals surface area contributed by atoms with E-state index in [1.54, 1.807) is 6.07 Å². The first-order valence-electron chi connectivity index (χ1n) is 12.5. The van der Waals surface area contributed by atoms with E-state index in [9.17, 15) is 13.2 Å². The first kappa shape index (κ1) is 25.2. The van der Waals surface area contributed by atoms with Crippen LogP contribution in [0.3, 0.4) is 0 Å². The monoisotopic (exact) mass is 510 g/mol. The molecule has 2 aromatic rings. The van der Waals surface area contributed by atoms with E-state index in [1.807, 2.05) is 18.1 Å². The highest BCUT2D eigenvalue weighted by atomic mass is 19.4. The third kappa shape index (κ3) is 5.29. The van der Waals surface area contributed by atoms with E-state index in [2.05, 4.69) is 9.88 Å². The number of fused-ring (bicyclic) bond motifs is 1. The fourth-order valence-corrected chi connectivity index (χ4v) is 5.31. The van der Waals surface area contributed by atoms with Crippen LogP contribution in [0.15, 0.2) is 18.3 Å². The molecule has 0 bridgehead atoms. The van der Waals surface area contributed by atoms with Gasteiger partial charge in [-0.2, -0.15) is 18.2 Å². The van der Waals surface area contributed by atoms with Crippen molar-refractivity contribution in [3.8, 4) is 11.5 Å². The fraction of sp³-hybridized carbons (Fsp3) is 0.600. The van der Waals surface area contributed by atoms with Crippen molar-refractivity contribution in [1.82, 2.24) is 14.9 Å². The Morgan fingerprint density at radius 2 is 1.75 bits per heavy atom. The highest BCUT2D eigenvalue weighted by Crippen LogP contribution is 2.44. The first-order chi connectivity index (χ1) is 17.3. The number of hydrogen-bond acceptors (Lipinski definition) is 7. The van der Waals surface area contributed by atoms with Crippen LogP contribution < -0.4 is 15.2 Å². The van der Waals surface area contributed by atoms with Crippen molar-refractivity contribution in [2.24, 2.45) is 0 Å². The molecule has 3 N–H and O–H groups in total. The molecule has 4 heterocycles. The molecule has 5 rings (SSSR count). The molecule has 1 atom stereocenters. The lowest BCUT2D eigenvalue weighted by Crippen LogP contribution is -2.49. The van der Waals surface area contributed by atoms with Gasteiger partial charge in [0.2, 0.25) is 0 Å². The van der Waals surface area contributed by atoms with Crippen molar-refractivity contribution in [3.63, 3.8) is 0 Å². The summed E-state index contributed by atoms with van der Waals surface area (Å²) in [6.07, 6.45) is -1.87. The average molecular weight is 511 g/mol. The largest absolute Gasteiger partial charge is 0.486 e. The molecule has 11 heteroatoms. The molecule has 1 aromatic carbocycles. The number of alkyl halides is 3. The number of piperidine rings is 1. The average Bonchev–Trinajstić information content (AvgIpc) is 3.25. The summed E-state index contributed by atoms with van der Waals surface area (Å²) in [5, 5.41) is 2.00. The molecule has 1 unspecified atom stereocenters. The SMILES string of the molecule is CC(ON1CCC(N2CCOCC2)CC1)c1ccc(Cc2c(C(F)(F)F)c[nH]c2N)c2c1OCCO2. The van der Waals surface area contributed by atoms with Crippen molar-refractivity contribution in [2.45, 2.75) is 44.5 Å². The number of nitrogens with two attached hydrogens (primary N) is 1. The van der Waals surface area contributed by atoms with E-state index in [1.165, 1.54) is 0 Å². The number of rotatable bonds is 6. The highest BCUT2D eigenvalue weighted by molar-refractivity contribution is 5.57. The summed E-state index contributed by atoms with van der Waals surface area (Å²) >= 11 is 0. The molecule has 0 saturated carbocycles. The third-order valence-corrected chi connectivity index (χ3v) is 7.23. The van der Waals surface area contributed by atoms with Crippen molar-refractivity contribution in [3.05, 3.63) is 40.6 Å². The molecule has 1 aromatic heterocycles. The number of aromatic amines is 1. The standard InChI is InChI=1S/C25H33F3N4O4/c1-16(36-32-6-4-18(5-7-32)31-8-10-33-11-9-31)19-3-2-17(22-23(19)35-13-12-34-22)14-20-21(25(26,27)28)15-30-24(20)29/h2-3,15-16,18,30H,4-14,29H2,1H3. The summed E-state index contributed by atoms with van der Waals surface area (Å²) < 4.78 is 57.7. The Kier molecular flexibility index (Phi) is 7.34. The molecule has 0 radical (unpaired) electrons. The minimum Gasteiger partial charge on any atom is -0.486 e. The number of halogens is 3. The molecule has 2 fully saturated rings. The van der Waals surface area contributed by atoms with Gasteiger partial charge >= 0.3 is 6.18 Å². The predicted octanol–water partition coefficient (Wildman–Crippen LogP) is 3.77. The van der Waals surface area contributed by atoms with E-state index >= 15 is 0 Å². The lowest BCUT2D eigenvalue weighted by atomic mass is 9.98. The number of hydrogen-bond donors (Lipinski definition) is 2. The van der Waals surface area contributed by atoms with E-state index in [4.69, 9.17) is 24.8 Å². The summed E-state index contributed by atoms with van der Waals surface area (Å²) in [6, 6.07) is 4.18. The maximum atomic E-state index is 13.5. The zero-order valence-corrected chi connectivity index (χ0v) is 20.4. The van der Waals surface area contributed by atoms with E-state index in [0.29, 0.717) is 36.3 Å². The van der Waals surface area contributed by atoms with Crippen molar-refractivity contribution < 1.29 is 32.2 Å². The molecule has 3 aliphatic heterocycles. The number of nitrogens with zero attached hydrogens (tertiary/aromatic N) is 2. The van der Waals surface area contributed by atoms with Gasteiger partial charge in [0.05, 0.1) is 18.8 Å².